The zero-order valence-corrected chi connectivity index (χ0v) is 7.28. The second-order valence-corrected chi connectivity index (χ2v) is 2.99. The normalized spacial score (nSPS) is 9.09. The Morgan fingerprint density at radius 2 is 2.55 bits per heavy atom. The van der Waals surface area contributed by atoms with Crippen molar-refractivity contribution in [3.63, 3.8) is 0 Å². The summed E-state index contributed by atoms with van der Waals surface area (Å²) < 4.78 is 5.22. The Hall–Kier alpha value is -0.940. The summed E-state index contributed by atoms with van der Waals surface area (Å²) in [4.78, 5) is 0. The van der Waals surface area contributed by atoms with E-state index in [9.17, 15) is 0 Å². The van der Waals surface area contributed by atoms with Gasteiger partial charge in [-0.1, -0.05) is 12.8 Å². The SMILES string of the molecule is C#CCOc1cc(CC)cs1. The predicted molar refractivity (Wildman–Crippen MR) is 48.0 cm³/mol. The fraction of sp³-hybridized carbons (Fsp3) is 0.333. The highest BCUT2D eigenvalue weighted by molar-refractivity contribution is 7.12. The molecule has 0 saturated heterocycles. The fourth-order valence-electron chi connectivity index (χ4n) is 0.727. The highest BCUT2D eigenvalue weighted by atomic mass is 32.1. The summed E-state index contributed by atoms with van der Waals surface area (Å²) in [5.41, 5.74) is 1.31. The van der Waals surface area contributed by atoms with Crippen LogP contribution in [0.1, 0.15) is 12.5 Å². The highest BCUT2D eigenvalue weighted by Crippen LogP contribution is 2.22. The van der Waals surface area contributed by atoms with Crippen molar-refractivity contribution in [2.45, 2.75) is 13.3 Å². The highest BCUT2D eigenvalue weighted by Gasteiger charge is 1.96. The van der Waals surface area contributed by atoms with Crippen molar-refractivity contribution in [1.29, 1.82) is 0 Å². The van der Waals surface area contributed by atoms with E-state index in [-0.39, 0.29) is 0 Å². The number of ether oxygens (including phenoxy) is 1. The molecule has 0 spiro atoms. The van der Waals surface area contributed by atoms with Crippen LogP contribution in [-0.4, -0.2) is 6.61 Å². The molecule has 2 heteroatoms. The van der Waals surface area contributed by atoms with Gasteiger partial charge in [-0.05, 0) is 23.4 Å². The molecule has 11 heavy (non-hydrogen) atoms. The van der Waals surface area contributed by atoms with Crippen LogP contribution in [0.25, 0.3) is 0 Å². The number of rotatable bonds is 3. The van der Waals surface area contributed by atoms with Crippen LogP contribution in [0.15, 0.2) is 11.4 Å². The maximum absolute atomic E-state index is 5.22. The van der Waals surface area contributed by atoms with E-state index >= 15 is 0 Å². The lowest BCUT2D eigenvalue weighted by atomic mass is 10.3. The van der Waals surface area contributed by atoms with E-state index in [0.717, 1.165) is 11.5 Å². The molecule has 0 bridgehead atoms. The zero-order chi connectivity index (χ0) is 8.10. The van der Waals surface area contributed by atoms with Crippen molar-refractivity contribution in [2.24, 2.45) is 0 Å². The molecule has 0 saturated carbocycles. The third-order valence-electron chi connectivity index (χ3n) is 1.34. The molecular weight excluding hydrogens is 156 g/mol. The summed E-state index contributed by atoms with van der Waals surface area (Å²) >= 11 is 1.60. The molecule has 1 aromatic heterocycles. The smallest absolute Gasteiger partial charge is 0.175 e. The number of thiophene rings is 1. The van der Waals surface area contributed by atoms with Crippen molar-refractivity contribution in [3.8, 4) is 17.4 Å². The van der Waals surface area contributed by atoms with Crippen molar-refractivity contribution in [3.05, 3.63) is 17.0 Å². The first-order valence-corrected chi connectivity index (χ1v) is 4.38. The van der Waals surface area contributed by atoms with Gasteiger partial charge in [-0.15, -0.1) is 17.8 Å². The van der Waals surface area contributed by atoms with Gasteiger partial charge in [0.15, 0.2) is 5.06 Å². The maximum Gasteiger partial charge on any atom is 0.175 e. The third-order valence-corrected chi connectivity index (χ3v) is 2.22. The summed E-state index contributed by atoms with van der Waals surface area (Å²) in [6.45, 7) is 2.48. The summed E-state index contributed by atoms with van der Waals surface area (Å²) in [5.74, 6) is 2.43. The van der Waals surface area contributed by atoms with Gasteiger partial charge in [0.25, 0.3) is 0 Å². The molecule has 1 aromatic rings. The summed E-state index contributed by atoms with van der Waals surface area (Å²) in [7, 11) is 0. The fourth-order valence-corrected chi connectivity index (χ4v) is 1.58. The van der Waals surface area contributed by atoms with Crippen molar-refractivity contribution < 1.29 is 4.74 Å². The molecule has 1 rings (SSSR count). The van der Waals surface area contributed by atoms with Gasteiger partial charge in [0, 0.05) is 0 Å². The van der Waals surface area contributed by atoms with E-state index in [2.05, 4.69) is 18.2 Å². The van der Waals surface area contributed by atoms with Crippen LogP contribution < -0.4 is 4.74 Å². The second-order valence-electron chi connectivity index (χ2n) is 2.12. The summed E-state index contributed by atoms with van der Waals surface area (Å²) in [6, 6.07) is 2.03. The molecule has 0 atom stereocenters. The summed E-state index contributed by atoms with van der Waals surface area (Å²) in [5, 5.41) is 3.01. The topological polar surface area (TPSA) is 9.23 Å². The largest absolute Gasteiger partial charge is 0.471 e. The first kappa shape index (κ1) is 8.16. The first-order chi connectivity index (χ1) is 5.36. The molecule has 1 nitrogen and oxygen atoms in total. The minimum atomic E-state index is 0.365. The minimum absolute atomic E-state index is 0.365. The molecule has 0 aromatic carbocycles. The zero-order valence-electron chi connectivity index (χ0n) is 6.46. The van der Waals surface area contributed by atoms with Gasteiger partial charge in [0.1, 0.15) is 6.61 Å². The standard InChI is InChI=1S/C9H10OS/c1-3-5-10-9-6-8(4-2)7-11-9/h1,6-7H,4-5H2,2H3. The Balaban J connectivity index is 2.53. The van der Waals surface area contributed by atoms with E-state index in [1.165, 1.54) is 5.56 Å². The van der Waals surface area contributed by atoms with Crippen molar-refractivity contribution >= 4 is 11.3 Å². The average Bonchev–Trinajstić information content (AvgIpc) is 2.48. The minimum Gasteiger partial charge on any atom is -0.471 e. The Bertz CT molecular complexity index is 257. The van der Waals surface area contributed by atoms with Gasteiger partial charge in [-0.25, -0.2) is 0 Å². The first-order valence-electron chi connectivity index (χ1n) is 3.50. The molecule has 0 radical (unpaired) electrons. The van der Waals surface area contributed by atoms with E-state index in [0.29, 0.717) is 6.61 Å². The number of terminal acetylenes is 1. The molecule has 0 aliphatic rings. The monoisotopic (exact) mass is 166 g/mol. The molecule has 0 N–H and O–H groups in total. The van der Waals surface area contributed by atoms with E-state index < -0.39 is 0 Å². The van der Waals surface area contributed by atoms with Crippen LogP contribution >= 0.6 is 11.3 Å². The van der Waals surface area contributed by atoms with E-state index in [1.807, 2.05) is 6.07 Å². The second kappa shape index (κ2) is 4.05. The lowest BCUT2D eigenvalue weighted by Gasteiger charge is -1.94. The van der Waals surface area contributed by atoms with Gasteiger partial charge in [-0.3, -0.25) is 0 Å². The van der Waals surface area contributed by atoms with Crippen molar-refractivity contribution in [2.75, 3.05) is 6.61 Å². The van der Waals surface area contributed by atoms with Gasteiger partial charge in [0.2, 0.25) is 0 Å². The molecule has 0 fully saturated rings. The molecule has 0 aliphatic heterocycles. The Labute approximate surface area is 71.0 Å². The lowest BCUT2D eigenvalue weighted by Crippen LogP contribution is -1.89. The van der Waals surface area contributed by atoms with Crippen molar-refractivity contribution in [1.82, 2.24) is 0 Å². The maximum atomic E-state index is 5.22. The predicted octanol–water partition coefficient (Wildman–Crippen LogP) is 2.32. The van der Waals surface area contributed by atoms with Crippen LogP contribution in [0, 0.1) is 12.3 Å². The van der Waals surface area contributed by atoms with Crippen LogP contribution in [-0.2, 0) is 6.42 Å². The Morgan fingerprint density at radius 3 is 3.09 bits per heavy atom. The average molecular weight is 166 g/mol. The van der Waals surface area contributed by atoms with Crippen LogP contribution in [0.5, 0.6) is 5.06 Å². The Morgan fingerprint density at radius 1 is 1.73 bits per heavy atom. The third kappa shape index (κ3) is 2.28. The van der Waals surface area contributed by atoms with Gasteiger partial charge in [-0.2, -0.15) is 0 Å². The molecule has 0 unspecified atom stereocenters. The quantitative estimate of drug-likeness (QED) is 0.626. The molecule has 58 valence electrons. The van der Waals surface area contributed by atoms with E-state index in [1.54, 1.807) is 11.3 Å². The van der Waals surface area contributed by atoms with Crippen LogP contribution in [0.2, 0.25) is 0 Å². The van der Waals surface area contributed by atoms with Gasteiger partial charge >= 0.3 is 0 Å². The number of aryl methyl sites for hydroxylation is 1. The van der Waals surface area contributed by atoms with Gasteiger partial charge < -0.3 is 4.74 Å². The van der Waals surface area contributed by atoms with Crippen LogP contribution in [0.4, 0.5) is 0 Å². The van der Waals surface area contributed by atoms with Gasteiger partial charge in [0.05, 0.1) is 0 Å². The van der Waals surface area contributed by atoms with E-state index in [4.69, 9.17) is 11.2 Å². The summed E-state index contributed by atoms with van der Waals surface area (Å²) in [6.07, 6.45) is 6.10. The lowest BCUT2D eigenvalue weighted by molar-refractivity contribution is 0.381. The molecular formula is C9H10OS. The number of hydrogen-bond acceptors (Lipinski definition) is 2. The molecule has 0 amide bonds. The molecule has 0 aliphatic carbocycles. The number of hydrogen-bond donors (Lipinski definition) is 0. The molecule has 1 heterocycles. The Kier molecular flexibility index (Phi) is 3.00. The van der Waals surface area contributed by atoms with Crippen LogP contribution in [0.3, 0.4) is 0 Å².